The van der Waals surface area contributed by atoms with E-state index in [4.69, 9.17) is 10.5 Å². The van der Waals surface area contributed by atoms with Crippen LogP contribution in [0.3, 0.4) is 0 Å². The van der Waals surface area contributed by atoms with Gasteiger partial charge < -0.3 is 15.8 Å². The zero-order chi connectivity index (χ0) is 11.1. The number of benzene rings is 1. The molecule has 4 nitrogen and oxygen atoms in total. The summed E-state index contributed by atoms with van der Waals surface area (Å²) in [5.74, 6) is 0.483. The number of hydrogen-bond donors (Lipinski definition) is 2. The molecule has 1 aromatic carbocycles. The van der Waals surface area contributed by atoms with Crippen LogP contribution >= 0.6 is 28.3 Å². The SMILES string of the molecule is Cl.NCCNC(=O)COc1ccccc1Br. The summed E-state index contributed by atoms with van der Waals surface area (Å²) >= 11 is 3.32. The van der Waals surface area contributed by atoms with Gasteiger partial charge in [-0.3, -0.25) is 4.79 Å². The first-order chi connectivity index (χ1) is 7.24. The van der Waals surface area contributed by atoms with Gasteiger partial charge in [-0.05, 0) is 28.1 Å². The molecule has 90 valence electrons. The molecule has 1 rings (SSSR count). The highest BCUT2D eigenvalue weighted by molar-refractivity contribution is 9.10. The molecule has 0 aromatic heterocycles. The van der Waals surface area contributed by atoms with Crippen molar-refractivity contribution < 1.29 is 9.53 Å². The molecule has 0 radical (unpaired) electrons. The van der Waals surface area contributed by atoms with Crippen molar-refractivity contribution in [1.29, 1.82) is 0 Å². The van der Waals surface area contributed by atoms with E-state index < -0.39 is 0 Å². The Hall–Kier alpha value is -0.780. The third kappa shape index (κ3) is 5.34. The van der Waals surface area contributed by atoms with Gasteiger partial charge in [-0.25, -0.2) is 0 Å². The molecule has 0 aliphatic carbocycles. The highest BCUT2D eigenvalue weighted by Crippen LogP contribution is 2.23. The average molecular weight is 310 g/mol. The number of nitrogens with one attached hydrogen (secondary N) is 1. The predicted octanol–water partition coefficient (Wildman–Crippen LogP) is 1.32. The lowest BCUT2D eigenvalue weighted by molar-refractivity contribution is -0.123. The summed E-state index contributed by atoms with van der Waals surface area (Å²) < 4.78 is 6.13. The van der Waals surface area contributed by atoms with Gasteiger partial charge in [-0.2, -0.15) is 0 Å². The van der Waals surface area contributed by atoms with E-state index in [2.05, 4.69) is 21.2 Å². The lowest BCUT2D eigenvalue weighted by Gasteiger charge is -2.07. The molecule has 0 heterocycles. The van der Waals surface area contributed by atoms with Crippen LogP contribution in [0.25, 0.3) is 0 Å². The summed E-state index contributed by atoms with van der Waals surface area (Å²) in [4.78, 5) is 11.2. The number of amides is 1. The number of rotatable bonds is 5. The highest BCUT2D eigenvalue weighted by atomic mass is 79.9. The van der Waals surface area contributed by atoms with Crippen LogP contribution in [0.2, 0.25) is 0 Å². The third-order valence-corrected chi connectivity index (χ3v) is 2.32. The van der Waals surface area contributed by atoms with Gasteiger partial charge in [0.05, 0.1) is 4.47 Å². The topological polar surface area (TPSA) is 64.3 Å². The second-order valence-electron chi connectivity index (χ2n) is 2.86. The maximum absolute atomic E-state index is 11.2. The fourth-order valence-corrected chi connectivity index (χ4v) is 1.37. The molecule has 3 N–H and O–H groups in total. The van der Waals surface area contributed by atoms with Gasteiger partial charge in [-0.15, -0.1) is 12.4 Å². The molecular formula is C10H14BrClN2O2. The third-order valence-electron chi connectivity index (χ3n) is 1.66. The standard InChI is InChI=1S/C10H13BrN2O2.ClH/c11-8-3-1-2-4-9(8)15-7-10(14)13-6-5-12;/h1-4H,5-7,12H2,(H,13,14);1H. The predicted molar refractivity (Wildman–Crippen MR) is 68.9 cm³/mol. The Morgan fingerprint density at radius 2 is 2.12 bits per heavy atom. The van der Waals surface area contributed by atoms with Gasteiger partial charge in [0.25, 0.3) is 5.91 Å². The second kappa shape index (κ2) is 8.38. The molecule has 0 saturated heterocycles. The Labute approximate surface area is 109 Å². The molecule has 0 unspecified atom stereocenters. The molecule has 0 aliphatic heterocycles. The summed E-state index contributed by atoms with van der Waals surface area (Å²) in [5, 5.41) is 2.62. The van der Waals surface area contributed by atoms with E-state index in [0.717, 1.165) is 4.47 Å². The van der Waals surface area contributed by atoms with Crippen LogP contribution in [0, 0.1) is 0 Å². The van der Waals surface area contributed by atoms with E-state index in [1.807, 2.05) is 18.2 Å². The number of carbonyl (C=O) groups excluding carboxylic acids is 1. The van der Waals surface area contributed by atoms with Gasteiger partial charge in [0, 0.05) is 13.1 Å². The normalized spacial score (nSPS) is 9.12. The van der Waals surface area contributed by atoms with Crippen molar-refractivity contribution in [2.45, 2.75) is 0 Å². The summed E-state index contributed by atoms with van der Waals surface area (Å²) in [7, 11) is 0. The van der Waals surface area contributed by atoms with Crippen molar-refractivity contribution in [3.8, 4) is 5.75 Å². The summed E-state index contributed by atoms with van der Waals surface area (Å²) in [6.07, 6.45) is 0. The van der Waals surface area contributed by atoms with Crippen molar-refractivity contribution in [3.63, 3.8) is 0 Å². The Bertz CT molecular complexity index is 336. The van der Waals surface area contributed by atoms with Crippen molar-refractivity contribution in [3.05, 3.63) is 28.7 Å². The molecule has 16 heavy (non-hydrogen) atoms. The van der Waals surface area contributed by atoms with Crippen LogP contribution in [0.1, 0.15) is 0 Å². The van der Waals surface area contributed by atoms with E-state index in [0.29, 0.717) is 18.8 Å². The minimum Gasteiger partial charge on any atom is -0.483 e. The summed E-state index contributed by atoms with van der Waals surface area (Å²) in [5.41, 5.74) is 5.25. The van der Waals surface area contributed by atoms with Crippen LogP contribution in [0.15, 0.2) is 28.7 Å². The minimum absolute atomic E-state index is 0. The zero-order valence-corrected chi connectivity index (χ0v) is 11.0. The molecule has 0 bridgehead atoms. The minimum atomic E-state index is -0.170. The fraction of sp³-hybridized carbons (Fsp3) is 0.300. The van der Waals surface area contributed by atoms with Crippen LogP contribution in [0.5, 0.6) is 5.75 Å². The smallest absolute Gasteiger partial charge is 0.257 e. The molecule has 0 fully saturated rings. The molecule has 1 aromatic rings. The largest absolute Gasteiger partial charge is 0.483 e. The number of nitrogens with two attached hydrogens (primary N) is 1. The molecular weight excluding hydrogens is 295 g/mol. The van der Waals surface area contributed by atoms with Crippen LogP contribution in [-0.2, 0) is 4.79 Å². The van der Waals surface area contributed by atoms with E-state index in [1.165, 1.54) is 0 Å². The van der Waals surface area contributed by atoms with Gasteiger partial charge in [0.15, 0.2) is 6.61 Å². The van der Waals surface area contributed by atoms with Crippen molar-refractivity contribution in [1.82, 2.24) is 5.32 Å². The maximum Gasteiger partial charge on any atom is 0.257 e. The maximum atomic E-state index is 11.2. The number of para-hydroxylation sites is 1. The van der Waals surface area contributed by atoms with E-state index >= 15 is 0 Å². The number of carbonyl (C=O) groups is 1. The van der Waals surface area contributed by atoms with Crippen molar-refractivity contribution >= 4 is 34.2 Å². The fourth-order valence-electron chi connectivity index (χ4n) is 0.968. The van der Waals surface area contributed by atoms with Gasteiger partial charge in [0.2, 0.25) is 0 Å². The molecule has 0 aliphatic rings. The molecule has 0 spiro atoms. The first-order valence-electron chi connectivity index (χ1n) is 4.58. The average Bonchev–Trinajstić information content (AvgIpc) is 2.25. The number of ether oxygens (including phenoxy) is 1. The first kappa shape index (κ1) is 15.2. The Morgan fingerprint density at radius 3 is 2.75 bits per heavy atom. The second-order valence-corrected chi connectivity index (χ2v) is 3.71. The molecule has 6 heteroatoms. The van der Waals surface area contributed by atoms with Gasteiger partial charge >= 0.3 is 0 Å². The summed E-state index contributed by atoms with van der Waals surface area (Å²) in [6.45, 7) is 0.904. The van der Waals surface area contributed by atoms with E-state index in [9.17, 15) is 4.79 Å². The van der Waals surface area contributed by atoms with Gasteiger partial charge in [0.1, 0.15) is 5.75 Å². The Balaban J connectivity index is 0.00000225. The van der Waals surface area contributed by atoms with E-state index in [1.54, 1.807) is 6.07 Å². The van der Waals surface area contributed by atoms with Crippen LogP contribution in [0.4, 0.5) is 0 Å². The summed E-state index contributed by atoms with van der Waals surface area (Å²) in [6, 6.07) is 7.37. The van der Waals surface area contributed by atoms with Crippen molar-refractivity contribution in [2.24, 2.45) is 5.73 Å². The monoisotopic (exact) mass is 308 g/mol. The lowest BCUT2D eigenvalue weighted by Crippen LogP contribution is -2.32. The Kier molecular flexibility index (Phi) is 7.97. The molecule has 0 saturated carbocycles. The Morgan fingerprint density at radius 1 is 1.44 bits per heavy atom. The molecule has 1 amide bonds. The van der Waals surface area contributed by atoms with E-state index in [-0.39, 0.29) is 24.9 Å². The first-order valence-corrected chi connectivity index (χ1v) is 5.37. The quantitative estimate of drug-likeness (QED) is 0.862. The molecule has 0 atom stereocenters. The lowest BCUT2D eigenvalue weighted by atomic mass is 10.3. The zero-order valence-electron chi connectivity index (χ0n) is 8.61. The van der Waals surface area contributed by atoms with Crippen LogP contribution < -0.4 is 15.8 Å². The number of hydrogen-bond acceptors (Lipinski definition) is 3. The van der Waals surface area contributed by atoms with Gasteiger partial charge in [-0.1, -0.05) is 12.1 Å². The van der Waals surface area contributed by atoms with Crippen LogP contribution in [-0.4, -0.2) is 25.6 Å². The number of halogens is 2. The van der Waals surface area contributed by atoms with Crippen molar-refractivity contribution in [2.75, 3.05) is 19.7 Å². The highest BCUT2D eigenvalue weighted by Gasteiger charge is 2.03.